The van der Waals surface area contributed by atoms with Crippen molar-refractivity contribution in [2.75, 3.05) is 0 Å². The number of hydrogen-bond acceptors (Lipinski definition) is 2. The van der Waals surface area contributed by atoms with E-state index >= 15 is 0 Å². The summed E-state index contributed by atoms with van der Waals surface area (Å²) in [6.45, 7) is 3.85. The van der Waals surface area contributed by atoms with E-state index in [0.29, 0.717) is 5.56 Å². The van der Waals surface area contributed by atoms with Crippen molar-refractivity contribution in [3.05, 3.63) is 21.6 Å². The molecule has 0 saturated heterocycles. The predicted molar refractivity (Wildman–Crippen MR) is 48.0 cm³/mol. The highest BCUT2D eigenvalue weighted by molar-refractivity contribution is 5.17. The summed E-state index contributed by atoms with van der Waals surface area (Å²) in [5.41, 5.74) is 7.30. The highest BCUT2D eigenvalue weighted by Gasteiger charge is 2.11. The summed E-state index contributed by atoms with van der Waals surface area (Å²) in [6.07, 6.45) is 1.92. The second-order valence-electron chi connectivity index (χ2n) is 3.01. The van der Waals surface area contributed by atoms with Crippen LogP contribution in [-0.2, 0) is 0 Å². The van der Waals surface area contributed by atoms with Crippen molar-refractivity contribution in [3.63, 3.8) is 0 Å². The summed E-state index contributed by atoms with van der Waals surface area (Å²) in [4.78, 5) is 11.0. The molecule has 4 N–H and O–H groups in total. The van der Waals surface area contributed by atoms with Crippen LogP contribution in [0.1, 0.15) is 37.1 Å². The molecular formula is C8H15N3O. The molecule has 0 aliphatic heterocycles. The third-order valence-electron chi connectivity index (χ3n) is 2.03. The minimum Gasteiger partial charge on any atom is -0.323 e. The summed E-state index contributed by atoms with van der Waals surface area (Å²) < 4.78 is 0. The van der Waals surface area contributed by atoms with Crippen LogP contribution in [0, 0.1) is 6.92 Å². The maximum atomic E-state index is 11.0. The standard InChI is InChI=1S/C8H15N3O/c1-3-4-6(9)7-5(2)8(12)11-10-7/h6H,3-4,9H2,1-2H3,(H2,10,11,12). The lowest BCUT2D eigenvalue weighted by Gasteiger charge is -2.07. The lowest BCUT2D eigenvalue weighted by Crippen LogP contribution is -2.12. The van der Waals surface area contributed by atoms with E-state index in [9.17, 15) is 4.79 Å². The van der Waals surface area contributed by atoms with Crippen LogP contribution in [0.2, 0.25) is 0 Å². The fourth-order valence-electron chi connectivity index (χ4n) is 1.26. The van der Waals surface area contributed by atoms with Gasteiger partial charge in [0.1, 0.15) is 0 Å². The predicted octanol–water partition coefficient (Wildman–Crippen LogP) is 0.811. The Kier molecular flexibility index (Phi) is 2.70. The van der Waals surface area contributed by atoms with Crippen molar-refractivity contribution in [2.24, 2.45) is 5.73 Å². The van der Waals surface area contributed by atoms with Gasteiger partial charge in [-0.25, -0.2) is 0 Å². The molecule has 0 saturated carbocycles. The van der Waals surface area contributed by atoms with E-state index in [4.69, 9.17) is 5.73 Å². The molecule has 1 aromatic heterocycles. The first-order valence-corrected chi connectivity index (χ1v) is 4.19. The molecule has 1 aromatic rings. The van der Waals surface area contributed by atoms with Crippen LogP contribution in [0.25, 0.3) is 0 Å². The zero-order valence-electron chi connectivity index (χ0n) is 7.48. The second kappa shape index (κ2) is 3.58. The SMILES string of the molecule is CCCC(N)c1[nH][nH]c(=O)c1C. The van der Waals surface area contributed by atoms with Gasteiger partial charge < -0.3 is 10.8 Å². The van der Waals surface area contributed by atoms with Crippen molar-refractivity contribution < 1.29 is 0 Å². The number of H-pyrrole nitrogens is 2. The van der Waals surface area contributed by atoms with Gasteiger partial charge >= 0.3 is 0 Å². The summed E-state index contributed by atoms with van der Waals surface area (Å²) in [5.74, 6) is 0. The van der Waals surface area contributed by atoms with Gasteiger partial charge in [0.05, 0.1) is 5.69 Å². The Labute approximate surface area is 71.2 Å². The van der Waals surface area contributed by atoms with Crippen LogP contribution in [0.15, 0.2) is 4.79 Å². The molecule has 4 nitrogen and oxygen atoms in total. The van der Waals surface area contributed by atoms with Gasteiger partial charge in [0.25, 0.3) is 5.56 Å². The van der Waals surface area contributed by atoms with Crippen LogP contribution in [0.5, 0.6) is 0 Å². The maximum Gasteiger partial charge on any atom is 0.267 e. The highest BCUT2D eigenvalue weighted by Crippen LogP contribution is 2.13. The molecule has 1 rings (SSSR count). The largest absolute Gasteiger partial charge is 0.323 e. The molecule has 0 aliphatic rings. The number of aromatic amines is 2. The number of nitrogens with two attached hydrogens (primary N) is 1. The van der Waals surface area contributed by atoms with Gasteiger partial charge in [0, 0.05) is 11.6 Å². The topological polar surface area (TPSA) is 74.7 Å². The molecule has 1 unspecified atom stereocenters. The Morgan fingerprint density at radius 3 is 2.58 bits per heavy atom. The maximum absolute atomic E-state index is 11.0. The lowest BCUT2D eigenvalue weighted by molar-refractivity contribution is 0.616. The normalized spacial score (nSPS) is 13.2. The second-order valence-corrected chi connectivity index (χ2v) is 3.01. The van der Waals surface area contributed by atoms with E-state index in [0.717, 1.165) is 18.5 Å². The van der Waals surface area contributed by atoms with Crippen molar-refractivity contribution in [1.29, 1.82) is 0 Å². The lowest BCUT2D eigenvalue weighted by atomic mass is 10.1. The number of rotatable bonds is 3. The third-order valence-corrected chi connectivity index (χ3v) is 2.03. The van der Waals surface area contributed by atoms with Crippen molar-refractivity contribution in [2.45, 2.75) is 32.7 Å². The minimum absolute atomic E-state index is 0.0473. The van der Waals surface area contributed by atoms with E-state index in [1.165, 1.54) is 0 Å². The van der Waals surface area contributed by atoms with E-state index in [1.807, 2.05) is 0 Å². The molecule has 1 atom stereocenters. The van der Waals surface area contributed by atoms with Gasteiger partial charge in [-0.2, -0.15) is 0 Å². The monoisotopic (exact) mass is 169 g/mol. The fraction of sp³-hybridized carbons (Fsp3) is 0.625. The smallest absolute Gasteiger partial charge is 0.267 e. The zero-order valence-corrected chi connectivity index (χ0v) is 7.48. The van der Waals surface area contributed by atoms with Crippen molar-refractivity contribution in [1.82, 2.24) is 10.2 Å². The average molecular weight is 169 g/mol. The van der Waals surface area contributed by atoms with Crippen LogP contribution in [0.3, 0.4) is 0 Å². The first-order chi connectivity index (χ1) is 5.66. The van der Waals surface area contributed by atoms with E-state index in [-0.39, 0.29) is 11.6 Å². The molecule has 0 radical (unpaired) electrons. The van der Waals surface area contributed by atoms with E-state index in [2.05, 4.69) is 17.1 Å². The van der Waals surface area contributed by atoms with Crippen LogP contribution in [0.4, 0.5) is 0 Å². The molecule has 1 heterocycles. The molecule has 0 fully saturated rings. The summed E-state index contributed by atoms with van der Waals surface area (Å²) in [7, 11) is 0. The van der Waals surface area contributed by atoms with Gasteiger partial charge in [0.15, 0.2) is 0 Å². The molecule has 12 heavy (non-hydrogen) atoms. The van der Waals surface area contributed by atoms with Crippen LogP contribution < -0.4 is 11.3 Å². The molecule has 0 aliphatic carbocycles. The average Bonchev–Trinajstić information content (AvgIpc) is 2.34. The highest BCUT2D eigenvalue weighted by atomic mass is 16.1. The molecule has 0 bridgehead atoms. The van der Waals surface area contributed by atoms with Gasteiger partial charge in [-0.3, -0.25) is 9.89 Å². The Bertz CT molecular complexity index is 299. The Hall–Kier alpha value is -1.03. The van der Waals surface area contributed by atoms with Gasteiger partial charge in [0.2, 0.25) is 0 Å². The molecule has 0 aromatic carbocycles. The molecule has 0 spiro atoms. The zero-order chi connectivity index (χ0) is 9.14. The molecule has 68 valence electrons. The number of aromatic nitrogens is 2. The first-order valence-electron chi connectivity index (χ1n) is 4.19. The first kappa shape index (κ1) is 9.06. The van der Waals surface area contributed by atoms with Crippen LogP contribution >= 0.6 is 0 Å². The number of hydrogen-bond donors (Lipinski definition) is 3. The van der Waals surface area contributed by atoms with Gasteiger partial charge in [-0.1, -0.05) is 13.3 Å². The molecule has 4 heteroatoms. The minimum atomic E-state index is -0.0726. The van der Waals surface area contributed by atoms with E-state index in [1.54, 1.807) is 6.92 Å². The quantitative estimate of drug-likeness (QED) is 0.626. The Balaban J connectivity index is 2.87. The number of nitrogens with one attached hydrogen (secondary N) is 2. The third kappa shape index (κ3) is 1.58. The Morgan fingerprint density at radius 1 is 1.50 bits per heavy atom. The van der Waals surface area contributed by atoms with E-state index < -0.39 is 0 Å². The summed E-state index contributed by atoms with van der Waals surface area (Å²) in [5, 5.41) is 5.31. The summed E-state index contributed by atoms with van der Waals surface area (Å²) in [6, 6.07) is -0.0473. The van der Waals surface area contributed by atoms with Gasteiger partial charge in [-0.15, -0.1) is 0 Å². The Morgan fingerprint density at radius 2 is 2.17 bits per heavy atom. The van der Waals surface area contributed by atoms with Crippen LogP contribution in [-0.4, -0.2) is 10.2 Å². The van der Waals surface area contributed by atoms with Crippen molar-refractivity contribution >= 4 is 0 Å². The van der Waals surface area contributed by atoms with Crippen molar-refractivity contribution in [3.8, 4) is 0 Å². The van der Waals surface area contributed by atoms with Gasteiger partial charge in [-0.05, 0) is 13.3 Å². The molecule has 0 amide bonds. The molecular weight excluding hydrogens is 154 g/mol. The summed E-state index contributed by atoms with van der Waals surface area (Å²) >= 11 is 0. The fourth-order valence-corrected chi connectivity index (χ4v) is 1.26.